The summed E-state index contributed by atoms with van der Waals surface area (Å²) in [6.45, 7) is 0. The van der Waals surface area contributed by atoms with E-state index in [1.165, 1.54) is 38.5 Å². The number of hydrogen-bond donors (Lipinski definition) is 1. The molecule has 3 rings (SSSR count). The van der Waals surface area contributed by atoms with E-state index in [2.05, 4.69) is 5.32 Å². The fourth-order valence-corrected chi connectivity index (χ4v) is 3.48. The van der Waals surface area contributed by atoms with Crippen molar-refractivity contribution in [2.45, 2.75) is 31.7 Å². The highest BCUT2D eigenvalue weighted by atomic mass is 19.1. The summed E-state index contributed by atoms with van der Waals surface area (Å²) in [5, 5.41) is 3.04. The zero-order valence-electron chi connectivity index (χ0n) is 11.0. The lowest BCUT2D eigenvalue weighted by Crippen LogP contribution is -2.38. The Morgan fingerprint density at radius 1 is 1.37 bits per heavy atom. The van der Waals surface area contributed by atoms with E-state index in [1.54, 1.807) is 6.07 Å². The van der Waals surface area contributed by atoms with Crippen molar-refractivity contribution >= 4 is 5.91 Å². The molecule has 4 heteroatoms. The molecule has 0 spiro atoms. The van der Waals surface area contributed by atoms with Crippen LogP contribution in [0.5, 0.6) is 5.75 Å². The first kappa shape index (κ1) is 12.5. The van der Waals surface area contributed by atoms with E-state index in [9.17, 15) is 9.18 Å². The van der Waals surface area contributed by atoms with Crippen molar-refractivity contribution in [2.24, 2.45) is 11.8 Å². The molecule has 0 heterocycles. The van der Waals surface area contributed by atoms with Gasteiger partial charge in [-0.15, -0.1) is 0 Å². The molecule has 2 aliphatic carbocycles. The molecular weight excluding hydrogens is 245 g/mol. The fraction of sp³-hybridized carbons (Fsp3) is 0.533. The molecule has 1 aromatic rings. The monoisotopic (exact) mass is 263 g/mol. The molecule has 0 unspecified atom stereocenters. The molecular formula is C15H18FNO2. The van der Waals surface area contributed by atoms with E-state index >= 15 is 0 Å². The van der Waals surface area contributed by atoms with Gasteiger partial charge in [-0.05, 0) is 49.3 Å². The Balaban J connectivity index is 1.69. The van der Waals surface area contributed by atoms with Crippen molar-refractivity contribution in [1.82, 2.24) is 5.32 Å². The number of rotatable bonds is 3. The second kappa shape index (κ2) is 4.83. The van der Waals surface area contributed by atoms with Gasteiger partial charge in [0.25, 0.3) is 5.91 Å². The summed E-state index contributed by atoms with van der Waals surface area (Å²) in [4.78, 5) is 12.1. The van der Waals surface area contributed by atoms with Gasteiger partial charge in [-0.25, -0.2) is 4.39 Å². The van der Waals surface area contributed by atoms with Crippen molar-refractivity contribution in [3.63, 3.8) is 0 Å². The van der Waals surface area contributed by atoms with Crippen LogP contribution < -0.4 is 10.1 Å². The third-order valence-electron chi connectivity index (χ3n) is 4.47. The van der Waals surface area contributed by atoms with Crippen molar-refractivity contribution in [2.75, 3.05) is 7.11 Å². The summed E-state index contributed by atoms with van der Waals surface area (Å²) in [5.74, 6) is 0.888. The molecule has 2 bridgehead atoms. The summed E-state index contributed by atoms with van der Waals surface area (Å²) in [5.41, 5.74) is 0.362. The summed E-state index contributed by atoms with van der Waals surface area (Å²) in [6.07, 6.45) is 4.83. The van der Waals surface area contributed by atoms with Gasteiger partial charge in [-0.2, -0.15) is 0 Å². The number of ether oxygens (including phenoxy) is 1. The van der Waals surface area contributed by atoms with Crippen LogP contribution in [0.25, 0.3) is 0 Å². The topological polar surface area (TPSA) is 38.3 Å². The first-order valence-corrected chi connectivity index (χ1v) is 6.82. The third-order valence-corrected chi connectivity index (χ3v) is 4.47. The van der Waals surface area contributed by atoms with Crippen LogP contribution in [0.2, 0.25) is 0 Å². The van der Waals surface area contributed by atoms with Gasteiger partial charge in [0.05, 0.1) is 7.11 Å². The summed E-state index contributed by atoms with van der Waals surface area (Å²) in [7, 11) is 1.41. The van der Waals surface area contributed by atoms with Crippen LogP contribution in [0.1, 0.15) is 36.0 Å². The lowest BCUT2D eigenvalue weighted by atomic mass is 9.95. The number of carbonyl (C=O) groups excluding carboxylic acids is 1. The third kappa shape index (κ3) is 2.31. The van der Waals surface area contributed by atoms with E-state index in [0.717, 1.165) is 12.3 Å². The predicted molar refractivity (Wildman–Crippen MR) is 69.7 cm³/mol. The number of amides is 1. The van der Waals surface area contributed by atoms with E-state index in [-0.39, 0.29) is 17.7 Å². The minimum absolute atomic E-state index is 0.163. The van der Waals surface area contributed by atoms with Crippen LogP contribution in [0.15, 0.2) is 18.2 Å². The molecule has 0 saturated heterocycles. The molecule has 3 atom stereocenters. The number of fused-ring (bicyclic) bond motifs is 2. The minimum atomic E-state index is -0.497. The number of carbonyl (C=O) groups is 1. The van der Waals surface area contributed by atoms with Gasteiger partial charge in [0, 0.05) is 11.6 Å². The quantitative estimate of drug-likeness (QED) is 0.910. The van der Waals surface area contributed by atoms with Gasteiger partial charge in [0.1, 0.15) is 0 Å². The maximum Gasteiger partial charge on any atom is 0.251 e. The number of halogens is 1. The van der Waals surface area contributed by atoms with E-state index < -0.39 is 5.82 Å². The Morgan fingerprint density at radius 2 is 2.21 bits per heavy atom. The second-order valence-corrected chi connectivity index (χ2v) is 5.60. The summed E-state index contributed by atoms with van der Waals surface area (Å²) < 4.78 is 18.4. The second-order valence-electron chi connectivity index (χ2n) is 5.60. The van der Waals surface area contributed by atoms with Crippen molar-refractivity contribution < 1.29 is 13.9 Å². The number of hydrogen-bond acceptors (Lipinski definition) is 2. The van der Waals surface area contributed by atoms with Crippen LogP contribution in [-0.2, 0) is 0 Å². The van der Waals surface area contributed by atoms with Crippen LogP contribution in [0, 0.1) is 17.7 Å². The van der Waals surface area contributed by atoms with Crippen LogP contribution >= 0.6 is 0 Å². The SMILES string of the molecule is COc1ccc(C(=O)N[C@@H]2C[C@H]3CC[C@@H]2C3)cc1F. The van der Waals surface area contributed by atoms with Gasteiger partial charge in [-0.3, -0.25) is 4.79 Å². The first-order valence-electron chi connectivity index (χ1n) is 6.82. The van der Waals surface area contributed by atoms with E-state index in [4.69, 9.17) is 4.74 Å². The molecule has 2 aliphatic rings. The Bertz CT molecular complexity index is 503. The zero-order chi connectivity index (χ0) is 13.4. The molecule has 1 aromatic carbocycles. The van der Waals surface area contributed by atoms with Crippen LogP contribution in [-0.4, -0.2) is 19.1 Å². The zero-order valence-corrected chi connectivity index (χ0v) is 11.0. The predicted octanol–water partition coefficient (Wildman–Crippen LogP) is 2.75. The maximum atomic E-state index is 13.6. The normalized spacial score (nSPS) is 28.4. The van der Waals surface area contributed by atoms with Gasteiger partial charge in [-0.1, -0.05) is 6.42 Å². The Morgan fingerprint density at radius 3 is 2.79 bits per heavy atom. The van der Waals surface area contributed by atoms with Crippen molar-refractivity contribution in [3.05, 3.63) is 29.6 Å². The Kier molecular flexibility index (Phi) is 3.17. The molecule has 2 saturated carbocycles. The standard InChI is InChI=1S/C15H18FNO2/c1-19-14-5-4-11(8-12(14)16)15(18)17-13-7-9-2-3-10(13)6-9/h4-5,8-10,13H,2-3,6-7H2,1H3,(H,17,18)/t9-,10+,13+/m0/s1. The molecule has 2 fully saturated rings. The number of benzene rings is 1. The van der Waals surface area contributed by atoms with E-state index in [1.807, 2.05) is 0 Å². The van der Waals surface area contributed by atoms with Gasteiger partial charge < -0.3 is 10.1 Å². The highest BCUT2D eigenvalue weighted by molar-refractivity contribution is 5.94. The molecule has 0 aromatic heterocycles. The molecule has 0 radical (unpaired) electrons. The first-order chi connectivity index (χ1) is 9.17. The molecule has 3 nitrogen and oxygen atoms in total. The van der Waals surface area contributed by atoms with Gasteiger partial charge in [0.15, 0.2) is 11.6 Å². The maximum absolute atomic E-state index is 13.6. The van der Waals surface area contributed by atoms with Crippen molar-refractivity contribution in [3.8, 4) is 5.75 Å². The summed E-state index contributed by atoms with van der Waals surface area (Å²) in [6, 6.07) is 4.60. The summed E-state index contributed by atoms with van der Waals surface area (Å²) >= 11 is 0. The minimum Gasteiger partial charge on any atom is -0.494 e. The number of methoxy groups -OCH3 is 1. The van der Waals surface area contributed by atoms with Gasteiger partial charge >= 0.3 is 0 Å². The highest BCUT2D eigenvalue weighted by Crippen LogP contribution is 2.44. The lowest BCUT2D eigenvalue weighted by molar-refractivity contribution is 0.0922. The molecule has 19 heavy (non-hydrogen) atoms. The molecule has 1 N–H and O–H groups in total. The average Bonchev–Trinajstić information content (AvgIpc) is 3.00. The number of nitrogens with one attached hydrogen (secondary N) is 1. The molecule has 102 valence electrons. The van der Waals surface area contributed by atoms with Crippen LogP contribution in [0.4, 0.5) is 4.39 Å². The average molecular weight is 263 g/mol. The highest BCUT2D eigenvalue weighted by Gasteiger charge is 2.40. The molecule has 1 amide bonds. The fourth-order valence-electron chi connectivity index (χ4n) is 3.48. The Labute approximate surface area is 112 Å². The van der Waals surface area contributed by atoms with Crippen molar-refractivity contribution in [1.29, 1.82) is 0 Å². The van der Waals surface area contributed by atoms with E-state index in [0.29, 0.717) is 11.5 Å². The largest absolute Gasteiger partial charge is 0.494 e. The smallest absolute Gasteiger partial charge is 0.251 e. The van der Waals surface area contributed by atoms with Crippen LogP contribution in [0.3, 0.4) is 0 Å². The molecule has 0 aliphatic heterocycles. The lowest BCUT2D eigenvalue weighted by Gasteiger charge is -2.22. The van der Waals surface area contributed by atoms with Gasteiger partial charge in [0.2, 0.25) is 0 Å². The Hall–Kier alpha value is -1.58.